The van der Waals surface area contributed by atoms with Crippen LogP contribution in [0.3, 0.4) is 0 Å². The third-order valence-corrected chi connectivity index (χ3v) is 3.28. The minimum Gasteiger partial charge on any atom is -0.481 e. The van der Waals surface area contributed by atoms with Gasteiger partial charge in [0.05, 0.1) is 11.0 Å². The molecule has 1 saturated heterocycles. The number of hydrogen-bond donors (Lipinski definition) is 2. The van der Waals surface area contributed by atoms with Crippen LogP contribution in [-0.4, -0.2) is 40.6 Å². The van der Waals surface area contributed by atoms with Gasteiger partial charge in [-0.05, 0) is 33.6 Å². The molecule has 1 unspecified atom stereocenters. The summed E-state index contributed by atoms with van der Waals surface area (Å²) in [7, 11) is 0. The molecular formula is C13H20N2O3. The standard InChI is InChI=1S/C13H20N2O3/c1-5-12(2,3)14-11(18)15-8-6-7-13(4,9-15)10(16)17/h1H,6-9H2,2-4H3,(H,14,18)(H,16,17). The fourth-order valence-corrected chi connectivity index (χ4v) is 1.97. The number of carbonyl (C=O) groups excluding carboxylic acids is 1. The van der Waals surface area contributed by atoms with Gasteiger partial charge in [0.25, 0.3) is 0 Å². The second-order valence-corrected chi connectivity index (χ2v) is 5.59. The molecule has 0 saturated carbocycles. The number of carbonyl (C=O) groups is 2. The van der Waals surface area contributed by atoms with Gasteiger partial charge in [-0.3, -0.25) is 4.79 Å². The average Bonchev–Trinajstić information content (AvgIpc) is 2.28. The number of hydrogen-bond acceptors (Lipinski definition) is 2. The van der Waals surface area contributed by atoms with Crippen LogP contribution in [0.25, 0.3) is 0 Å². The van der Waals surface area contributed by atoms with Crippen molar-refractivity contribution in [3.05, 3.63) is 0 Å². The van der Waals surface area contributed by atoms with Gasteiger partial charge in [-0.25, -0.2) is 4.79 Å². The molecule has 0 aromatic rings. The van der Waals surface area contributed by atoms with Crippen LogP contribution in [0.4, 0.5) is 4.79 Å². The first-order valence-corrected chi connectivity index (χ1v) is 5.98. The summed E-state index contributed by atoms with van der Waals surface area (Å²) >= 11 is 0. The van der Waals surface area contributed by atoms with E-state index in [4.69, 9.17) is 6.42 Å². The summed E-state index contributed by atoms with van der Waals surface area (Å²) in [6.07, 6.45) is 6.58. The van der Waals surface area contributed by atoms with E-state index in [1.807, 2.05) is 0 Å². The summed E-state index contributed by atoms with van der Waals surface area (Å²) in [5.41, 5.74) is -1.59. The van der Waals surface area contributed by atoms with Crippen LogP contribution in [0, 0.1) is 17.8 Å². The van der Waals surface area contributed by atoms with Crippen molar-refractivity contribution < 1.29 is 14.7 Å². The van der Waals surface area contributed by atoms with E-state index in [1.54, 1.807) is 20.8 Å². The van der Waals surface area contributed by atoms with Crippen LogP contribution >= 0.6 is 0 Å². The molecule has 0 bridgehead atoms. The van der Waals surface area contributed by atoms with Gasteiger partial charge < -0.3 is 15.3 Å². The van der Waals surface area contributed by atoms with Gasteiger partial charge in [-0.15, -0.1) is 6.42 Å². The van der Waals surface area contributed by atoms with Crippen molar-refractivity contribution in [3.63, 3.8) is 0 Å². The number of aliphatic carboxylic acids is 1. The van der Waals surface area contributed by atoms with Crippen LogP contribution in [0.2, 0.25) is 0 Å². The molecule has 18 heavy (non-hydrogen) atoms. The second kappa shape index (κ2) is 4.89. The maximum absolute atomic E-state index is 12.0. The van der Waals surface area contributed by atoms with Crippen molar-refractivity contribution >= 4 is 12.0 Å². The SMILES string of the molecule is C#CC(C)(C)NC(=O)N1CCCC(C)(C(=O)O)C1. The molecule has 0 radical (unpaired) electrons. The van der Waals surface area contributed by atoms with E-state index in [2.05, 4.69) is 11.2 Å². The molecule has 1 aliphatic heterocycles. The number of rotatable bonds is 2. The first-order chi connectivity index (χ1) is 8.20. The van der Waals surface area contributed by atoms with Crippen LogP contribution < -0.4 is 5.32 Å². The number of piperidine rings is 1. The molecule has 1 aliphatic rings. The zero-order valence-electron chi connectivity index (χ0n) is 11.1. The van der Waals surface area contributed by atoms with E-state index >= 15 is 0 Å². The molecule has 5 heteroatoms. The van der Waals surface area contributed by atoms with E-state index in [1.165, 1.54) is 4.90 Å². The molecule has 1 atom stereocenters. The Hall–Kier alpha value is -1.70. The summed E-state index contributed by atoms with van der Waals surface area (Å²) in [6.45, 7) is 5.90. The van der Waals surface area contributed by atoms with Crippen LogP contribution in [0.1, 0.15) is 33.6 Å². The Labute approximate surface area is 108 Å². The molecule has 2 N–H and O–H groups in total. The van der Waals surface area contributed by atoms with Crippen LogP contribution in [-0.2, 0) is 4.79 Å². The van der Waals surface area contributed by atoms with Crippen molar-refractivity contribution in [1.82, 2.24) is 10.2 Å². The van der Waals surface area contributed by atoms with Gasteiger partial charge in [0, 0.05) is 13.1 Å². The number of urea groups is 1. The molecule has 1 fully saturated rings. The number of nitrogens with zero attached hydrogens (tertiary/aromatic N) is 1. The Balaban J connectivity index is 2.71. The number of carboxylic acid groups (broad SMARTS) is 1. The average molecular weight is 252 g/mol. The number of terminal acetylenes is 1. The van der Waals surface area contributed by atoms with E-state index in [0.717, 1.165) is 0 Å². The summed E-state index contributed by atoms with van der Waals surface area (Å²) in [4.78, 5) is 24.7. The number of amides is 2. The lowest BCUT2D eigenvalue weighted by atomic mass is 9.82. The predicted molar refractivity (Wildman–Crippen MR) is 68.0 cm³/mol. The molecule has 1 rings (SSSR count). The normalized spacial score (nSPS) is 24.2. The minimum atomic E-state index is -0.865. The maximum Gasteiger partial charge on any atom is 0.318 e. The fraction of sp³-hybridized carbons (Fsp3) is 0.692. The third-order valence-electron chi connectivity index (χ3n) is 3.28. The van der Waals surface area contributed by atoms with Crippen molar-refractivity contribution in [2.45, 2.75) is 39.2 Å². The fourth-order valence-electron chi connectivity index (χ4n) is 1.97. The third kappa shape index (κ3) is 3.16. The van der Waals surface area contributed by atoms with Crippen LogP contribution in [0.15, 0.2) is 0 Å². The Morgan fingerprint density at radius 2 is 2.11 bits per heavy atom. The van der Waals surface area contributed by atoms with Gasteiger partial charge in [0.15, 0.2) is 0 Å². The highest BCUT2D eigenvalue weighted by atomic mass is 16.4. The number of nitrogens with one attached hydrogen (secondary N) is 1. The number of likely N-dealkylation sites (tertiary alicyclic amines) is 1. The molecule has 2 amide bonds. The molecule has 0 aromatic heterocycles. The molecule has 1 heterocycles. The highest BCUT2D eigenvalue weighted by Gasteiger charge is 2.39. The largest absolute Gasteiger partial charge is 0.481 e. The summed E-state index contributed by atoms with van der Waals surface area (Å²) < 4.78 is 0. The summed E-state index contributed by atoms with van der Waals surface area (Å²) in [5.74, 6) is 1.62. The van der Waals surface area contributed by atoms with Crippen molar-refractivity contribution in [2.75, 3.05) is 13.1 Å². The monoisotopic (exact) mass is 252 g/mol. The second-order valence-electron chi connectivity index (χ2n) is 5.59. The van der Waals surface area contributed by atoms with E-state index in [0.29, 0.717) is 19.4 Å². The van der Waals surface area contributed by atoms with Crippen molar-refractivity contribution in [1.29, 1.82) is 0 Å². The Bertz CT molecular complexity index is 398. The topological polar surface area (TPSA) is 69.6 Å². The maximum atomic E-state index is 12.0. The summed E-state index contributed by atoms with van der Waals surface area (Å²) in [6, 6.07) is -0.301. The quantitative estimate of drug-likeness (QED) is 0.728. The lowest BCUT2D eigenvalue weighted by Crippen LogP contribution is -2.55. The Morgan fingerprint density at radius 1 is 1.50 bits per heavy atom. The first kappa shape index (κ1) is 14.4. The Morgan fingerprint density at radius 3 is 2.61 bits per heavy atom. The van der Waals surface area contributed by atoms with E-state index in [-0.39, 0.29) is 12.6 Å². The molecular weight excluding hydrogens is 232 g/mol. The van der Waals surface area contributed by atoms with Gasteiger partial charge in [0.1, 0.15) is 0 Å². The lowest BCUT2D eigenvalue weighted by molar-refractivity contribution is -0.150. The van der Waals surface area contributed by atoms with Crippen molar-refractivity contribution in [3.8, 4) is 12.3 Å². The zero-order valence-corrected chi connectivity index (χ0v) is 11.1. The van der Waals surface area contributed by atoms with Crippen molar-refractivity contribution in [2.24, 2.45) is 5.41 Å². The Kier molecular flexibility index (Phi) is 3.90. The smallest absolute Gasteiger partial charge is 0.318 e. The number of carboxylic acids is 1. The van der Waals surface area contributed by atoms with Crippen LogP contribution in [0.5, 0.6) is 0 Å². The highest BCUT2D eigenvalue weighted by Crippen LogP contribution is 2.29. The van der Waals surface area contributed by atoms with Gasteiger partial charge in [-0.2, -0.15) is 0 Å². The molecule has 0 spiro atoms. The predicted octanol–water partition coefficient (Wildman–Crippen LogP) is 1.29. The van der Waals surface area contributed by atoms with Gasteiger partial charge in [-0.1, -0.05) is 5.92 Å². The van der Waals surface area contributed by atoms with E-state index in [9.17, 15) is 14.7 Å². The lowest BCUT2D eigenvalue weighted by Gasteiger charge is -2.38. The summed E-state index contributed by atoms with van der Waals surface area (Å²) in [5, 5.41) is 11.9. The minimum absolute atomic E-state index is 0.217. The zero-order chi connectivity index (χ0) is 14.0. The highest BCUT2D eigenvalue weighted by molar-refractivity contribution is 5.79. The van der Waals surface area contributed by atoms with Gasteiger partial charge >= 0.3 is 12.0 Å². The van der Waals surface area contributed by atoms with E-state index < -0.39 is 16.9 Å². The van der Waals surface area contributed by atoms with Gasteiger partial charge in [0.2, 0.25) is 0 Å². The molecule has 100 valence electrons. The molecule has 5 nitrogen and oxygen atoms in total. The first-order valence-electron chi connectivity index (χ1n) is 5.98. The molecule has 0 aromatic carbocycles. The molecule has 0 aliphatic carbocycles.